The summed E-state index contributed by atoms with van der Waals surface area (Å²) in [6, 6.07) is 10.7. The molecule has 2 aliphatic rings. The van der Waals surface area contributed by atoms with Gasteiger partial charge < -0.3 is 4.74 Å². The summed E-state index contributed by atoms with van der Waals surface area (Å²) < 4.78 is 5.71. The molecule has 18 heavy (non-hydrogen) atoms. The molecule has 1 aromatic rings. The fourth-order valence-corrected chi connectivity index (χ4v) is 3.57. The Balaban J connectivity index is 1.44. The van der Waals surface area contributed by atoms with Gasteiger partial charge in [-0.2, -0.15) is 11.8 Å². The van der Waals surface area contributed by atoms with Crippen molar-refractivity contribution < 1.29 is 4.74 Å². The smallest absolute Gasteiger partial charge is 0.0849 e. The first-order valence-corrected chi connectivity index (χ1v) is 7.68. The molecule has 1 aliphatic carbocycles. The second kappa shape index (κ2) is 5.77. The normalized spacial score (nSPS) is 25.9. The highest BCUT2D eigenvalue weighted by Crippen LogP contribution is 2.33. The number of benzene rings is 1. The molecule has 1 aromatic carbocycles. The third-order valence-corrected chi connectivity index (χ3v) is 4.73. The topological polar surface area (TPSA) is 9.23 Å². The molecule has 0 N–H and O–H groups in total. The molecule has 0 aromatic heterocycles. The zero-order chi connectivity index (χ0) is 12.2. The Morgan fingerprint density at radius 1 is 1.22 bits per heavy atom. The molecule has 2 atom stereocenters. The summed E-state index contributed by atoms with van der Waals surface area (Å²) >= 11 is 2.03. The molecule has 1 fully saturated rings. The van der Waals surface area contributed by atoms with Crippen LogP contribution in [0.5, 0.6) is 0 Å². The molecule has 0 saturated carbocycles. The van der Waals surface area contributed by atoms with E-state index < -0.39 is 0 Å². The first kappa shape index (κ1) is 12.1. The molecule has 1 nitrogen and oxygen atoms in total. The molecular weight excluding hydrogens is 240 g/mol. The lowest BCUT2D eigenvalue weighted by Gasteiger charge is -2.37. The third-order valence-electron chi connectivity index (χ3n) is 3.53. The summed E-state index contributed by atoms with van der Waals surface area (Å²) in [7, 11) is 0. The van der Waals surface area contributed by atoms with Crippen LogP contribution in [0.15, 0.2) is 54.1 Å². The summed E-state index contributed by atoms with van der Waals surface area (Å²) in [6.07, 6.45) is 8.06. The van der Waals surface area contributed by atoms with E-state index in [1.807, 2.05) is 11.8 Å². The van der Waals surface area contributed by atoms with Gasteiger partial charge in [0.1, 0.15) is 0 Å². The van der Waals surface area contributed by atoms with Gasteiger partial charge in [0.25, 0.3) is 0 Å². The number of thioether (sulfide) groups is 1. The molecule has 0 radical (unpaired) electrons. The van der Waals surface area contributed by atoms with Crippen LogP contribution in [0.3, 0.4) is 0 Å². The van der Waals surface area contributed by atoms with Crippen molar-refractivity contribution in [2.75, 3.05) is 12.4 Å². The maximum atomic E-state index is 5.71. The van der Waals surface area contributed by atoms with Gasteiger partial charge in [-0.05, 0) is 17.6 Å². The van der Waals surface area contributed by atoms with E-state index >= 15 is 0 Å². The molecule has 1 saturated heterocycles. The first-order chi connectivity index (χ1) is 8.93. The predicted octanol–water partition coefficient (Wildman–Crippen LogP) is 3.82. The van der Waals surface area contributed by atoms with Gasteiger partial charge in [-0.3, -0.25) is 0 Å². The number of hydrogen-bond donors (Lipinski definition) is 0. The Morgan fingerprint density at radius 3 is 2.78 bits per heavy atom. The predicted molar refractivity (Wildman–Crippen MR) is 77.7 cm³/mol. The van der Waals surface area contributed by atoms with Crippen molar-refractivity contribution in [2.24, 2.45) is 5.92 Å². The van der Waals surface area contributed by atoms with Gasteiger partial charge in [-0.15, -0.1) is 0 Å². The van der Waals surface area contributed by atoms with Gasteiger partial charge in [0.05, 0.1) is 12.7 Å². The van der Waals surface area contributed by atoms with E-state index in [-0.39, 0.29) is 0 Å². The van der Waals surface area contributed by atoms with E-state index in [2.05, 4.69) is 48.6 Å². The Labute approximate surface area is 113 Å². The summed E-state index contributed by atoms with van der Waals surface area (Å²) in [5.41, 5.74) is 2.88. The van der Waals surface area contributed by atoms with Crippen LogP contribution in [0.4, 0.5) is 0 Å². The van der Waals surface area contributed by atoms with Gasteiger partial charge in [-0.1, -0.05) is 48.6 Å². The minimum absolute atomic E-state index is 0.392. The van der Waals surface area contributed by atoms with E-state index in [0.29, 0.717) is 12.0 Å². The SMILES string of the molecule is C1=CCC(C2OCC2CSCc2ccccc2)=C1. The molecule has 0 bridgehead atoms. The first-order valence-electron chi connectivity index (χ1n) is 6.52. The van der Waals surface area contributed by atoms with Crippen molar-refractivity contribution >= 4 is 11.8 Å². The summed E-state index contributed by atoms with van der Waals surface area (Å²) in [5, 5.41) is 0. The summed E-state index contributed by atoms with van der Waals surface area (Å²) in [6.45, 7) is 0.934. The Kier molecular flexibility index (Phi) is 3.87. The standard InChI is InChI=1S/C16H18OS/c1-2-6-13(7-3-1)11-18-12-15-10-17-16(15)14-8-4-5-9-14/h1-8,15-16H,9-12H2. The Bertz CT molecular complexity index is 449. The molecule has 94 valence electrons. The second-order valence-corrected chi connectivity index (χ2v) is 5.92. The lowest BCUT2D eigenvalue weighted by molar-refractivity contribution is -0.0809. The lowest BCUT2D eigenvalue weighted by Crippen LogP contribution is -2.42. The average Bonchev–Trinajstić information content (AvgIpc) is 2.88. The number of hydrogen-bond acceptors (Lipinski definition) is 2. The lowest BCUT2D eigenvalue weighted by atomic mass is 9.92. The fourth-order valence-electron chi connectivity index (χ4n) is 2.45. The van der Waals surface area contributed by atoms with E-state index in [9.17, 15) is 0 Å². The van der Waals surface area contributed by atoms with Crippen LogP contribution in [-0.4, -0.2) is 18.5 Å². The van der Waals surface area contributed by atoms with Crippen LogP contribution in [0.2, 0.25) is 0 Å². The highest BCUT2D eigenvalue weighted by molar-refractivity contribution is 7.98. The zero-order valence-corrected chi connectivity index (χ0v) is 11.2. The highest BCUT2D eigenvalue weighted by atomic mass is 32.2. The van der Waals surface area contributed by atoms with Crippen molar-refractivity contribution in [2.45, 2.75) is 18.3 Å². The fraction of sp³-hybridized carbons (Fsp3) is 0.375. The van der Waals surface area contributed by atoms with E-state index in [0.717, 1.165) is 18.8 Å². The van der Waals surface area contributed by atoms with Crippen LogP contribution in [-0.2, 0) is 10.5 Å². The maximum Gasteiger partial charge on any atom is 0.0849 e. The molecule has 3 rings (SSSR count). The van der Waals surface area contributed by atoms with Crippen LogP contribution in [0, 0.1) is 5.92 Å². The Morgan fingerprint density at radius 2 is 2.11 bits per heavy atom. The van der Waals surface area contributed by atoms with Gasteiger partial charge in [-0.25, -0.2) is 0 Å². The van der Waals surface area contributed by atoms with Gasteiger partial charge in [0.15, 0.2) is 0 Å². The van der Waals surface area contributed by atoms with Crippen molar-refractivity contribution in [3.05, 3.63) is 59.7 Å². The van der Waals surface area contributed by atoms with Crippen molar-refractivity contribution in [1.29, 1.82) is 0 Å². The van der Waals surface area contributed by atoms with Crippen LogP contribution in [0.25, 0.3) is 0 Å². The van der Waals surface area contributed by atoms with Gasteiger partial charge >= 0.3 is 0 Å². The minimum atomic E-state index is 0.392. The quantitative estimate of drug-likeness (QED) is 0.794. The minimum Gasteiger partial charge on any atom is -0.373 e. The molecular formula is C16H18OS. The third kappa shape index (κ3) is 2.70. The number of allylic oxidation sites excluding steroid dienone is 3. The maximum absolute atomic E-state index is 5.71. The Hall–Kier alpha value is -0.990. The van der Waals surface area contributed by atoms with Crippen molar-refractivity contribution in [3.8, 4) is 0 Å². The number of ether oxygens (including phenoxy) is 1. The molecule has 2 unspecified atom stereocenters. The van der Waals surface area contributed by atoms with Gasteiger partial charge in [0.2, 0.25) is 0 Å². The average molecular weight is 258 g/mol. The molecule has 0 spiro atoms. The number of rotatable bonds is 5. The van der Waals surface area contributed by atoms with Crippen LogP contribution in [0.1, 0.15) is 12.0 Å². The summed E-state index contributed by atoms with van der Waals surface area (Å²) in [4.78, 5) is 0. The molecule has 1 aliphatic heterocycles. The van der Waals surface area contributed by atoms with Crippen molar-refractivity contribution in [1.82, 2.24) is 0 Å². The monoisotopic (exact) mass is 258 g/mol. The highest BCUT2D eigenvalue weighted by Gasteiger charge is 2.34. The van der Waals surface area contributed by atoms with E-state index in [1.165, 1.54) is 16.9 Å². The molecule has 0 amide bonds. The zero-order valence-electron chi connectivity index (χ0n) is 10.4. The van der Waals surface area contributed by atoms with Gasteiger partial charge in [0, 0.05) is 17.4 Å². The van der Waals surface area contributed by atoms with Crippen LogP contribution >= 0.6 is 11.8 Å². The van der Waals surface area contributed by atoms with E-state index in [4.69, 9.17) is 4.74 Å². The van der Waals surface area contributed by atoms with Crippen molar-refractivity contribution in [3.63, 3.8) is 0 Å². The largest absolute Gasteiger partial charge is 0.373 e. The molecule has 1 heterocycles. The summed E-state index contributed by atoms with van der Waals surface area (Å²) in [5.74, 6) is 3.03. The van der Waals surface area contributed by atoms with Crippen LogP contribution < -0.4 is 0 Å². The second-order valence-electron chi connectivity index (χ2n) is 4.89. The van der Waals surface area contributed by atoms with E-state index in [1.54, 1.807) is 0 Å². The molecule has 2 heteroatoms.